The number of rotatable bonds is 8. The van der Waals surface area contributed by atoms with Crippen LogP contribution in [0.25, 0.3) is 5.69 Å². The highest BCUT2D eigenvalue weighted by Gasteiger charge is 2.27. The average molecular weight is 371 g/mol. The summed E-state index contributed by atoms with van der Waals surface area (Å²) in [5, 5.41) is 14.0. The molecule has 2 N–H and O–H groups in total. The Morgan fingerprint density at radius 2 is 2.04 bits per heavy atom. The molecular formula is C19H25N5O3. The minimum absolute atomic E-state index is 0.182. The standard InChI is InChI=1S/C19H25N5O3/c1-4-6-15-17(19(26)21-12-7-8-12)22-23-24(15)13-9-10-14(16(11-13)27-3)18(25)20-5-2/h9-12H,4-8H2,1-3H3,(H,20,25)(H,21,26). The summed E-state index contributed by atoms with van der Waals surface area (Å²) in [5.74, 6) is 0.0660. The summed E-state index contributed by atoms with van der Waals surface area (Å²) in [4.78, 5) is 24.6. The van der Waals surface area contributed by atoms with Gasteiger partial charge in [-0.3, -0.25) is 9.59 Å². The van der Waals surface area contributed by atoms with Crippen molar-refractivity contribution in [1.82, 2.24) is 25.6 Å². The van der Waals surface area contributed by atoms with Crippen LogP contribution in [0.2, 0.25) is 0 Å². The van der Waals surface area contributed by atoms with Gasteiger partial charge in [-0.05, 0) is 38.3 Å². The molecule has 1 aromatic heterocycles. The molecule has 144 valence electrons. The first-order valence-electron chi connectivity index (χ1n) is 9.31. The monoisotopic (exact) mass is 371 g/mol. The van der Waals surface area contributed by atoms with Gasteiger partial charge in [0.15, 0.2) is 5.69 Å². The first-order chi connectivity index (χ1) is 13.1. The van der Waals surface area contributed by atoms with Crippen LogP contribution in [-0.4, -0.2) is 46.5 Å². The number of aromatic nitrogens is 3. The zero-order valence-corrected chi connectivity index (χ0v) is 15.9. The Labute approximate surface area is 158 Å². The molecule has 27 heavy (non-hydrogen) atoms. The summed E-state index contributed by atoms with van der Waals surface area (Å²) in [6.45, 7) is 4.44. The molecule has 0 saturated heterocycles. The van der Waals surface area contributed by atoms with Crippen molar-refractivity contribution < 1.29 is 14.3 Å². The van der Waals surface area contributed by atoms with Crippen molar-refractivity contribution in [3.05, 3.63) is 35.2 Å². The Morgan fingerprint density at radius 1 is 1.26 bits per heavy atom. The van der Waals surface area contributed by atoms with E-state index in [1.54, 1.807) is 22.9 Å². The highest BCUT2D eigenvalue weighted by Crippen LogP contribution is 2.25. The summed E-state index contributed by atoms with van der Waals surface area (Å²) in [6, 6.07) is 5.47. The van der Waals surface area contributed by atoms with E-state index in [-0.39, 0.29) is 17.9 Å². The highest BCUT2D eigenvalue weighted by atomic mass is 16.5. The van der Waals surface area contributed by atoms with Gasteiger partial charge < -0.3 is 15.4 Å². The quantitative estimate of drug-likeness (QED) is 0.738. The number of nitrogens with one attached hydrogen (secondary N) is 2. The molecule has 0 bridgehead atoms. The Kier molecular flexibility index (Phi) is 5.73. The van der Waals surface area contributed by atoms with E-state index >= 15 is 0 Å². The lowest BCUT2D eigenvalue weighted by molar-refractivity contribution is 0.0939. The predicted molar refractivity (Wildman–Crippen MR) is 100 cm³/mol. The van der Waals surface area contributed by atoms with E-state index in [1.807, 2.05) is 13.8 Å². The van der Waals surface area contributed by atoms with Crippen LogP contribution in [0.1, 0.15) is 59.7 Å². The third-order valence-corrected chi connectivity index (χ3v) is 4.39. The van der Waals surface area contributed by atoms with Crippen molar-refractivity contribution in [3.63, 3.8) is 0 Å². The van der Waals surface area contributed by atoms with Crippen molar-refractivity contribution in [2.45, 2.75) is 45.6 Å². The number of carbonyl (C=O) groups excluding carboxylic acids is 2. The Balaban J connectivity index is 1.96. The fraction of sp³-hybridized carbons (Fsp3) is 0.474. The lowest BCUT2D eigenvalue weighted by Gasteiger charge is -2.12. The number of nitrogens with zero attached hydrogens (tertiary/aromatic N) is 3. The molecule has 2 aromatic rings. The van der Waals surface area contributed by atoms with Crippen LogP contribution in [0.4, 0.5) is 0 Å². The minimum Gasteiger partial charge on any atom is -0.496 e. The second-order valence-electron chi connectivity index (χ2n) is 6.54. The van der Waals surface area contributed by atoms with Crippen LogP contribution in [0, 0.1) is 0 Å². The van der Waals surface area contributed by atoms with Crippen LogP contribution >= 0.6 is 0 Å². The van der Waals surface area contributed by atoms with E-state index in [2.05, 4.69) is 20.9 Å². The number of ether oxygens (including phenoxy) is 1. The zero-order valence-electron chi connectivity index (χ0n) is 15.9. The van der Waals surface area contributed by atoms with Gasteiger partial charge in [-0.15, -0.1) is 5.10 Å². The van der Waals surface area contributed by atoms with Gasteiger partial charge in [0.1, 0.15) is 5.75 Å². The maximum atomic E-state index is 12.5. The minimum atomic E-state index is -0.197. The second-order valence-corrected chi connectivity index (χ2v) is 6.54. The molecule has 3 rings (SSSR count). The molecule has 0 atom stereocenters. The summed E-state index contributed by atoms with van der Waals surface area (Å²) in [6.07, 6.45) is 3.55. The van der Waals surface area contributed by atoms with Gasteiger partial charge in [0.2, 0.25) is 0 Å². The third kappa shape index (κ3) is 4.10. The number of hydrogen-bond donors (Lipinski definition) is 2. The molecule has 0 unspecified atom stereocenters. The third-order valence-electron chi connectivity index (χ3n) is 4.39. The first kappa shape index (κ1) is 18.9. The van der Waals surface area contributed by atoms with E-state index in [9.17, 15) is 9.59 Å². The Bertz CT molecular complexity index is 842. The van der Waals surface area contributed by atoms with Crippen LogP contribution in [0.3, 0.4) is 0 Å². The zero-order chi connectivity index (χ0) is 19.4. The summed E-state index contributed by atoms with van der Waals surface area (Å²) in [7, 11) is 1.52. The van der Waals surface area contributed by atoms with Gasteiger partial charge in [-0.1, -0.05) is 18.6 Å². The van der Waals surface area contributed by atoms with Crippen LogP contribution in [0.5, 0.6) is 5.75 Å². The normalized spacial score (nSPS) is 13.3. The van der Waals surface area contributed by atoms with Crippen molar-refractivity contribution in [2.24, 2.45) is 0 Å². The molecule has 0 radical (unpaired) electrons. The molecule has 2 amide bonds. The predicted octanol–water partition coefficient (Wildman–Crippen LogP) is 1.87. The molecule has 8 nitrogen and oxygen atoms in total. The van der Waals surface area contributed by atoms with E-state index in [4.69, 9.17) is 4.74 Å². The van der Waals surface area contributed by atoms with Crippen LogP contribution < -0.4 is 15.4 Å². The number of benzene rings is 1. The van der Waals surface area contributed by atoms with E-state index in [0.717, 1.165) is 25.0 Å². The van der Waals surface area contributed by atoms with E-state index in [1.165, 1.54) is 7.11 Å². The van der Waals surface area contributed by atoms with Crippen molar-refractivity contribution in [3.8, 4) is 11.4 Å². The Morgan fingerprint density at radius 3 is 2.67 bits per heavy atom. The summed E-state index contributed by atoms with van der Waals surface area (Å²) >= 11 is 0. The number of amides is 2. The topological polar surface area (TPSA) is 98.1 Å². The number of hydrogen-bond acceptors (Lipinski definition) is 5. The van der Waals surface area contributed by atoms with Crippen molar-refractivity contribution in [1.29, 1.82) is 0 Å². The fourth-order valence-corrected chi connectivity index (χ4v) is 2.88. The SMILES string of the molecule is CCCc1c(C(=O)NC2CC2)nnn1-c1ccc(C(=O)NCC)c(OC)c1. The number of carbonyl (C=O) groups is 2. The maximum Gasteiger partial charge on any atom is 0.273 e. The lowest BCUT2D eigenvalue weighted by Crippen LogP contribution is -2.27. The molecule has 1 aliphatic carbocycles. The summed E-state index contributed by atoms with van der Waals surface area (Å²) in [5.41, 5.74) is 2.26. The fourth-order valence-electron chi connectivity index (χ4n) is 2.88. The summed E-state index contributed by atoms with van der Waals surface area (Å²) < 4.78 is 7.04. The smallest absolute Gasteiger partial charge is 0.273 e. The first-order valence-corrected chi connectivity index (χ1v) is 9.31. The molecule has 1 aliphatic rings. The Hall–Kier alpha value is -2.90. The van der Waals surface area contributed by atoms with E-state index < -0.39 is 0 Å². The largest absolute Gasteiger partial charge is 0.496 e. The van der Waals surface area contributed by atoms with E-state index in [0.29, 0.717) is 35.7 Å². The van der Waals surface area contributed by atoms with Crippen LogP contribution in [-0.2, 0) is 6.42 Å². The van der Waals surface area contributed by atoms with Crippen molar-refractivity contribution in [2.75, 3.05) is 13.7 Å². The highest BCUT2D eigenvalue weighted by molar-refractivity contribution is 5.97. The van der Waals surface area contributed by atoms with Crippen LogP contribution in [0.15, 0.2) is 18.2 Å². The molecule has 1 heterocycles. The average Bonchev–Trinajstić information content (AvgIpc) is 3.38. The maximum absolute atomic E-state index is 12.5. The number of methoxy groups -OCH3 is 1. The van der Waals surface area contributed by atoms with Gasteiger partial charge >= 0.3 is 0 Å². The molecule has 1 fully saturated rings. The van der Waals surface area contributed by atoms with Gasteiger partial charge in [-0.2, -0.15) is 0 Å². The van der Waals surface area contributed by atoms with Gasteiger partial charge in [0.05, 0.1) is 24.1 Å². The molecule has 0 aliphatic heterocycles. The molecule has 1 aromatic carbocycles. The van der Waals surface area contributed by atoms with Gasteiger partial charge in [0, 0.05) is 18.7 Å². The molecule has 0 spiro atoms. The molecule has 1 saturated carbocycles. The molecule has 8 heteroatoms. The van der Waals surface area contributed by atoms with Crippen molar-refractivity contribution >= 4 is 11.8 Å². The second kappa shape index (κ2) is 8.20. The van der Waals surface area contributed by atoms with Gasteiger partial charge in [0.25, 0.3) is 11.8 Å². The molecular weight excluding hydrogens is 346 g/mol. The lowest BCUT2D eigenvalue weighted by atomic mass is 10.1. The van der Waals surface area contributed by atoms with Gasteiger partial charge in [-0.25, -0.2) is 4.68 Å².